The fraction of sp³-hybridized carbons (Fsp3) is 0.412. The van der Waals surface area contributed by atoms with Crippen molar-refractivity contribution < 1.29 is 4.79 Å². The third-order valence-corrected chi connectivity index (χ3v) is 3.65. The summed E-state index contributed by atoms with van der Waals surface area (Å²) in [6, 6.07) is 8.23. The van der Waals surface area contributed by atoms with E-state index >= 15 is 0 Å². The predicted octanol–water partition coefficient (Wildman–Crippen LogP) is 3.47. The van der Waals surface area contributed by atoms with Gasteiger partial charge in [0.2, 0.25) is 5.91 Å². The highest BCUT2D eigenvalue weighted by Gasteiger charge is 2.15. The topological polar surface area (TPSA) is 46.9 Å². The Morgan fingerprint density at radius 1 is 1.29 bits per heavy atom. The first-order chi connectivity index (χ1) is 10.0. The smallest absolute Gasteiger partial charge is 0.220 e. The van der Waals surface area contributed by atoms with Gasteiger partial charge < -0.3 is 5.32 Å². The lowest BCUT2D eigenvalue weighted by atomic mass is 10.1. The van der Waals surface area contributed by atoms with Crippen molar-refractivity contribution in [2.45, 2.75) is 46.6 Å². The van der Waals surface area contributed by atoms with Gasteiger partial charge in [0.05, 0.1) is 17.9 Å². The number of carbonyl (C=O) groups excluding carboxylic acids is 1. The maximum atomic E-state index is 11.7. The van der Waals surface area contributed by atoms with E-state index in [-0.39, 0.29) is 11.9 Å². The maximum absolute atomic E-state index is 11.7. The van der Waals surface area contributed by atoms with Crippen LogP contribution in [0.4, 0.5) is 0 Å². The molecule has 1 aromatic carbocycles. The molecule has 2 rings (SSSR count). The van der Waals surface area contributed by atoms with Crippen molar-refractivity contribution in [3.8, 4) is 5.69 Å². The van der Waals surface area contributed by atoms with Crippen molar-refractivity contribution in [2.24, 2.45) is 0 Å². The van der Waals surface area contributed by atoms with Gasteiger partial charge in [-0.25, -0.2) is 4.68 Å². The van der Waals surface area contributed by atoms with Crippen LogP contribution in [0.5, 0.6) is 0 Å². The van der Waals surface area contributed by atoms with Gasteiger partial charge in [0, 0.05) is 17.7 Å². The lowest BCUT2D eigenvalue weighted by molar-refractivity contribution is -0.121. The first-order valence-electron chi connectivity index (χ1n) is 7.43. The maximum Gasteiger partial charge on any atom is 0.220 e. The summed E-state index contributed by atoms with van der Waals surface area (Å²) >= 11 is 0. The molecule has 4 nitrogen and oxygen atoms in total. The second kappa shape index (κ2) is 6.57. The van der Waals surface area contributed by atoms with E-state index in [0.717, 1.165) is 23.4 Å². The van der Waals surface area contributed by atoms with Crippen molar-refractivity contribution in [3.05, 3.63) is 47.3 Å². The molecule has 0 fully saturated rings. The van der Waals surface area contributed by atoms with E-state index in [1.54, 1.807) is 0 Å². The molecular weight excluding hydrogens is 262 g/mol. The Labute approximate surface area is 126 Å². The molecule has 1 amide bonds. The molecule has 0 bridgehead atoms. The summed E-state index contributed by atoms with van der Waals surface area (Å²) in [5, 5.41) is 7.47. The quantitative estimate of drug-likeness (QED) is 0.914. The van der Waals surface area contributed by atoms with Crippen LogP contribution in [0.3, 0.4) is 0 Å². The molecule has 112 valence electrons. The Hall–Kier alpha value is -2.10. The number of carbonyl (C=O) groups is 1. The molecule has 0 saturated carbocycles. The van der Waals surface area contributed by atoms with E-state index in [0.29, 0.717) is 6.42 Å². The Balaban J connectivity index is 2.20. The van der Waals surface area contributed by atoms with Gasteiger partial charge in [-0.1, -0.05) is 24.6 Å². The van der Waals surface area contributed by atoms with Gasteiger partial charge in [-0.15, -0.1) is 0 Å². The van der Waals surface area contributed by atoms with Crippen LogP contribution in [0.1, 0.15) is 49.6 Å². The number of hydrogen-bond acceptors (Lipinski definition) is 2. The zero-order valence-corrected chi connectivity index (χ0v) is 13.2. The first kappa shape index (κ1) is 15.3. The number of rotatable bonds is 5. The molecule has 0 aliphatic rings. The van der Waals surface area contributed by atoms with Gasteiger partial charge in [0.25, 0.3) is 0 Å². The molecule has 0 aliphatic carbocycles. The fourth-order valence-corrected chi connectivity index (χ4v) is 2.41. The Bertz CT molecular complexity index is 613. The van der Waals surface area contributed by atoms with Crippen LogP contribution in [-0.2, 0) is 4.79 Å². The zero-order chi connectivity index (χ0) is 15.4. The second-order valence-electron chi connectivity index (χ2n) is 5.47. The molecule has 0 radical (unpaired) electrons. The summed E-state index contributed by atoms with van der Waals surface area (Å²) in [6.45, 7) is 8.10. The first-order valence-corrected chi connectivity index (χ1v) is 7.43. The molecule has 1 aromatic heterocycles. The highest BCUT2D eigenvalue weighted by atomic mass is 16.1. The average Bonchev–Trinajstić information content (AvgIpc) is 2.82. The summed E-state index contributed by atoms with van der Waals surface area (Å²) in [7, 11) is 0. The SMILES string of the molecule is CCCC(=O)NC(C)c1cnn(-c2ccc(C)cc2)c1C. The minimum atomic E-state index is -0.0248. The van der Waals surface area contributed by atoms with Gasteiger partial charge in [-0.2, -0.15) is 5.10 Å². The Kier molecular flexibility index (Phi) is 4.78. The summed E-state index contributed by atoms with van der Waals surface area (Å²) in [5.74, 6) is 0.0903. The van der Waals surface area contributed by atoms with Crippen LogP contribution in [0.25, 0.3) is 5.69 Å². The third kappa shape index (κ3) is 3.51. The molecule has 0 aliphatic heterocycles. The second-order valence-corrected chi connectivity index (χ2v) is 5.47. The summed E-state index contributed by atoms with van der Waals surface area (Å²) < 4.78 is 1.91. The number of aryl methyl sites for hydroxylation is 1. The van der Waals surface area contributed by atoms with Gasteiger partial charge in [0.15, 0.2) is 0 Å². The van der Waals surface area contributed by atoms with Gasteiger partial charge in [0.1, 0.15) is 0 Å². The van der Waals surface area contributed by atoms with Crippen molar-refractivity contribution in [1.82, 2.24) is 15.1 Å². The van der Waals surface area contributed by atoms with E-state index in [1.807, 2.05) is 31.6 Å². The van der Waals surface area contributed by atoms with Gasteiger partial charge in [-0.3, -0.25) is 4.79 Å². The highest BCUT2D eigenvalue weighted by molar-refractivity contribution is 5.76. The number of amides is 1. The van der Waals surface area contributed by atoms with Crippen LogP contribution in [-0.4, -0.2) is 15.7 Å². The monoisotopic (exact) mass is 285 g/mol. The molecule has 1 heterocycles. The van der Waals surface area contributed by atoms with Crippen LogP contribution in [0.2, 0.25) is 0 Å². The van der Waals surface area contributed by atoms with E-state index in [9.17, 15) is 4.79 Å². The number of nitrogens with zero attached hydrogens (tertiary/aromatic N) is 2. The van der Waals surface area contributed by atoms with E-state index in [1.165, 1.54) is 5.56 Å². The largest absolute Gasteiger partial charge is 0.349 e. The standard InChI is InChI=1S/C17H23N3O/c1-5-6-17(21)19-13(3)16-11-18-20(14(16)4)15-9-7-12(2)8-10-15/h7-11,13H,5-6H2,1-4H3,(H,19,21). The van der Waals surface area contributed by atoms with Crippen molar-refractivity contribution in [3.63, 3.8) is 0 Å². The molecule has 0 saturated heterocycles. The van der Waals surface area contributed by atoms with Crippen LogP contribution >= 0.6 is 0 Å². The van der Waals surface area contributed by atoms with Crippen molar-refractivity contribution >= 4 is 5.91 Å². The lowest BCUT2D eigenvalue weighted by Crippen LogP contribution is -2.26. The molecule has 1 atom stereocenters. The zero-order valence-electron chi connectivity index (χ0n) is 13.2. The normalized spacial score (nSPS) is 12.2. The fourth-order valence-electron chi connectivity index (χ4n) is 2.41. The minimum Gasteiger partial charge on any atom is -0.349 e. The summed E-state index contributed by atoms with van der Waals surface area (Å²) in [4.78, 5) is 11.7. The predicted molar refractivity (Wildman–Crippen MR) is 84.5 cm³/mol. The number of hydrogen-bond donors (Lipinski definition) is 1. The van der Waals surface area contributed by atoms with Crippen LogP contribution in [0, 0.1) is 13.8 Å². The molecule has 1 unspecified atom stereocenters. The van der Waals surface area contributed by atoms with Gasteiger partial charge in [-0.05, 0) is 39.3 Å². The summed E-state index contributed by atoms with van der Waals surface area (Å²) in [6.07, 6.45) is 3.27. The molecule has 0 spiro atoms. The Morgan fingerprint density at radius 2 is 1.95 bits per heavy atom. The lowest BCUT2D eigenvalue weighted by Gasteiger charge is -2.14. The third-order valence-electron chi connectivity index (χ3n) is 3.65. The molecule has 21 heavy (non-hydrogen) atoms. The van der Waals surface area contributed by atoms with E-state index < -0.39 is 0 Å². The average molecular weight is 285 g/mol. The van der Waals surface area contributed by atoms with Crippen LogP contribution in [0.15, 0.2) is 30.5 Å². The van der Waals surface area contributed by atoms with E-state index in [2.05, 4.69) is 41.6 Å². The van der Waals surface area contributed by atoms with Crippen LogP contribution < -0.4 is 5.32 Å². The van der Waals surface area contributed by atoms with E-state index in [4.69, 9.17) is 0 Å². The molecular formula is C17H23N3O. The number of aromatic nitrogens is 2. The Morgan fingerprint density at radius 3 is 2.57 bits per heavy atom. The van der Waals surface area contributed by atoms with Crippen molar-refractivity contribution in [1.29, 1.82) is 0 Å². The highest BCUT2D eigenvalue weighted by Crippen LogP contribution is 2.20. The van der Waals surface area contributed by atoms with Gasteiger partial charge >= 0.3 is 0 Å². The molecule has 4 heteroatoms. The number of nitrogens with one attached hydrogen (secondary N) is 1. The molecule has 1 N–H and O–H groups in total. The number of benzene rings is 1. The minimum absolute atomic E-state index is 0.0248. The molecule has 2 aromatic rings. The van der Waals surface area contributed by atoms with Crippen molar-refractivity contribution in [2.75, 3.05) is 0 Å². The summed E-state index contributed by atoms with van der Waals surface area (Å²) in [5.41, 5.74) is 4.38.